The molecular weight excluding hydrogens is 188 g/mol. The minimum Gasteiger partial charge on any atom is -0.391 e. The van der Waals surface area contributed by atoms with Crippen LogP contribution in [0.25, 0.3) is 0 Å². The van der Waals surface area contributed by atoms with Crippen LogP contribution in [0.5, 0.6) is 0 Å². The lowest BCUT2D eigenvalue weighted by Gasteiger charge is -2.18. The van der Waals surface area contributed by atoms with Crippen molar-refractivity contribution in [3.05, 3.63) is 0 Å². The van der Waals surface area contributed by atoms with Gasteiger partial charge in [-0.1, -0.05) is 0 Å². The number of hydrogen-bond acceptors (Lipinski definition) is 4. The lowest BCUT2D eigenvalue weighted by molar-refractivity contribution is -0.142. The molecule has 80 valence electrons. The lowest BCUT2D eigenvalue weighted by Crippen LogP contribution is -2.40. The Balaban J connectivity index is 2.44. The molecule has 0 aromatic carbocycles. The summed E-state index contributed by atoms with van der Waals surface area (Å²) in [6.45, 7) is 0.629. The van der Waals surface area contributed by atoms with Gasteiger partial charge in [-0.05, 0) is 6.42 Å². The van der Waals surface area contributed by atoms with Crippen molar-refractivity contribution < 1.29 is 19.8 Å². The van der Waals surface area contributed by atoms with E-state index >= 15 is 0 Å². The van der Waals surface area contributed by atoms with Crippen molar-refractivity contribution in [2.24, 2.45) is 5.73 Å². The molecule has 2 atom stereocenters. The number of aliphatic hydroxyl groups is 2. The standard InChI is InChI=1S/C8H14N2O4/c9-7(13)3-6(12)8(14)10-2-1-5(11)4-10/h5-6,11-12H,1-4H2,(H2,9,13)/t5-,6+/m1/s1. The number of β-amino-alcohol motifs (C(OH)–C–C–N with tert-alkyl or cyclic N) is 1. The highest BCUT2D eigenvalue weighted by atomic mass is 16.3. The van der Waals surface area contributed by atoms with Gasteiger partial charge < -0.3 is 20.8 Å². The molecule has 0 spiro atoms. The average Bonchev–Trinajstić information content (AvgIpc) is 2.49. The van der Waals surface area contributed by atoms with Gasteiger partial charge in [0.2, 0.25) is 5.91 Å². The molecule has 1 aliphatic heterocycles. The maximum absolute atomic E-state index is 11.4. The SMILES string of the molecule is NC(=O)C[C@H](O)C(=O)N1CC[C@@H](O)C1. The molecule has 1 fully saturated rings. The van der Waals surface area contributed by atoms with E-state index < -0.39 is 24.0 Å². The van der Waals surface area contributed by atoms with Crippen LogP contribution in [0.1, 0.15) is 12.8 Å². The summed E-state index contributed by atoms with van der Waals surface area (Å²) in [7, 11) is 0. The molecule has 0 aromatic heterocycles. The van der Waals surface area contributed by atoms with Crippen LogP contribution >= 0.6 is 0 Å². The zero-order valence-electron chi connectivity index (χ0n) is 7.72. The number of amides is 2. The Kier molecular flexibility index (Phi) is 3.43. The van der Waals surface area contributed by atoms with Gasteiger partial charge in [-0.25, -0.2) is 0 Å². The summed E-state index contributed by atoms with van der Waals surface area (Å²) >= 11 is 0. The van der Waals surface area contributed by atoms with E-state index in [-0.39, 0.29) is 13.0 Å². The third kappa shape index (κ3) is 2.68. The summed E-state index contributed by atoms with van der Waals surface area (Å²) in [5.41, 5.74) is 4.84. The van der Waals surface area contributed by atoms with Crippen LogP contribution < -0.4 is 5.73 Å². The molecule has 0 unspecified atom stereocenters. The second kappa shape index (κ2) is 4.39. The monoisotopic (exact) mass is 202 g/mol. The molecule has 1 heterocycles. The first-order valence-electron chi connectivity index (χ1n) is 4.44. The minimum absolute atomic E-state index is 0.217. The Labute approximate surface area is 81.3 Å². The Morgan fingerprint density at radius 2 is 2.21 bits per heavy atom. The Morgan fingerprint density at radius 1 is 1.57 bits per heavy atom. The zero-order chi connectivity index (χ0) is 10.7. The molecule has 0 radical (unpaired) electrons. The van der Waals surface area contributed by atoms with Crippen molar-refractivity contribution in [2.75, 3.05) is 13.1 Å². The maximum atomic E-state index is 11.4. The van der Waals surface area contributed by atoms with Crippen molar-refractivity contribution in [3.63, 3.8) is 0 Å². The fourth-order valence-corrected chi connectivity index (χ4v) is 1.43. The van der Waals surface area contributed by atoms with Gasteiger partial charge in [-0.3, -0.25) is 9.59 Å². The zero-order valence-corrected chi connectivity index (χ0v) is 7.72. The molecule has 2 amide bonds. The smallest absolute Gasteiger partial charge is 0.252 e. The topological polar surface area (TPSA) is 104 Å². The highest BCUT2D eigenvalue weighted by molar-refractivity contribution is 5.86. The minimum atomic E-state index is -1.38. The normalized spacial score (nSPS) is 23.6. The highest BCUT2D eigenvalue weighted by Crippen LogP contribution is 2.11. The van der Waals surface area contributed by atoms with Crippen LogP contribution in [0.2, 0.25) is 0 Å². The van der Waals surface area contributed by atoms with Crippen molar-refractivity contribution in [2.45, 2.75) is 25.0 Å². The molecule has 14 heavy (non-hydrogen) atoms. The first-order chi connectivity index (χ1) is 6.50. The predicted molar refractivity (Wildman–Crippen MR) is 47.0 cm³/mol. The van der Waals surface area contributed by atoms with Crippen LogP contribution in [0.15, 0.2) is 0 Å². The van der Waals surface area contributed by atoms with Gasteiger partial charge in [-0.15, -0.1) is 0 Å². The van der Waals surface area contributed by atoms with E-state index in [1.165, 1.54) is 4.90 Å². The molecule has 1 rings (SSSR count). The second-order valence-electron chi connectivity index (χ2n) is 3.41. The van der Waals surface area contributed by atoms with Gasteiger partial charge in [-0.2, -0.15) is 0 Å². The molecule has 0 saturated carbocycles. The fourth-order valence-electron chi connectivity index (χ4n) is 1.43. The maximum Gasteiger partial charge on any atom is 0.252 e. The quantitative estimate of drug-likeness (QED) is 0.483. The van der Waals surface area contributed by atoms with Crippen molar-refractivity contribution in [1.82, 2.24) is 4.90 Å². The number of aliphatic hydroxyl groups excluding tert-OH is 2. The van der Waals surface area contributed by atoms with E-state index in [1.807, 2.05) is 0 Å². The van der Waals surface area contributed by atoms with Gasteiger partial charge >= 0.3 is 0 Å². The van der Waals surface area contributed by atoms with E-state index in [1.54, 1.807) is 0 Å². The van der Waals surface area contributed by atoms with E-state index in [0.29, 0.717) is 13.0 Å². The average molecular weight is 202 g/mol. The van der Waals surface area contributed by atoms with Gasteiger partial charge in [0.05, 0.1) is 12.5 Å². The lowest BCUT2D eigenvalue weighted by atomic mass is 10.2. The number of primary amides is 1. The fraction of sp³-hybridized carbons (Fsp3) is 0.750. The third-order valence-electron chi connectivity index (χ3n) is 2.15. The van der Waals surface area contributed by atoms with Crippen LogP contribution in [0.3, 0.4) is 0 Å². The second-order valence-corrected chi connectivity index (χ2v) is 3.41. The first kappa shape index (κ1) is 10.9. The summed E-state index contributed by atoms with van der Waals surface area (Å²) < 4.78 is 0. The molecular formula is C8H14N2O4. The molecule has 0 aliphatic carbocycles. The Morgan fingerprint density at radius 3 is 2.64 bits per heavy atom. The van der Waals surface area contributed by atoms with Crippen LogP contribution in [0.4, 0.5) is 0 Å². The number of likely N-dealkylation sites (tertiary alicyclic amines) is 1. The third-order valence-corrected chi connectivity index (χ3v) is 2.15. The Bertz CT molecular complexity index is 243. The van der Waals surface area contributed by atoms with E-state index in [2.05, 4.69) is 0 Å². The molecule has 4 N–H and O–H groups in total. The van der Waals surface area contributed by atoms with Gasteiger partial charge in [0.15, 0.2) is 0 Å². The number of nitrogens with zero attached hydrogens (tertiary/aromatic N) is 1. The summed E-state index contributed by atoms with van der Waals surface area (Å²) in [6, 6.07) is 0. The van der Waals surface area contributed by atoms with E-state index in [4.69, 9.17) is 10.8 Å². The van der Waals surface area contributed by atoms with E-state index in [0.717, 1.165) is 0 Å². The molecule has 6 nitrogen and oxygen atoms in total. The first-order valence-corrected chi connectivity index (χ1v) is 4.44. The Hall–Kier alpha value is -1.14. The summed E-state index contributed by atoms with van der Waals surface area (Å²) in [6.07, 6.45) is -1.77. The van der Waals surface area contributed by atoms with E-state index in [9.17, 15) is 14.7 Å². The highest BCUT2D eigenvalue weighted by Gasteiger charge is 2.29. The summed E-state index contributed by atoms with van der Waals surface area (Å²) in [5.74, 6) is -1.26. The van der Waals surface area contributed by atoms with Crippen molar-refractivity contribution in [1.29, 1.82) is 0 Å². The number of carbonyl (C=O) groups is 2. The number of rotatable bonds is 3. The number of carbonyl (C=O) groups excluding carboxylic acids is 2. The van der Waals surface area contributed by atoms with Crippen molar-refractivity contribution >= 4 is 11.8 Å². The summed E-state index contributed by atoms with van der Waals surface area (Å²) in [4.78, 5) is 23.2. The molecule has 1 aliphatic rings. The largest absolute Gasteiger partial charge is 0.391 e. The van der Waals surface area contributed by atoms with Crippen LogP contribution in [-0.2, 0) is 9.59 Å². The van der Waals surface area contributed by atoms with Crippen molar-refractivity contribution in [3.8, 4) is 0 Å². The molecule has 0 bridgehead atoms. The molecule has 1 saturated heterocycles. The van der Waals surface area contributed by atoms with Crippen LogP contribution in [0, 0.1) is 0 Å². The number of nitrogens with two attached hydrogens (primary N) is 1. The van der Waals surface area contributed by atoms with Gasteiger partial charge in [0.25, 0.3) is 5.91 Å². The number of hydrogen-bond donors (Lipinski definition) is 3. The summed E-state index contributed by atoms with van der Waals surface area (Å²) in [5, 5.41) is 18.4. The predicted octanol–water partition coefficient (Wildman–Crippen LogP) is -2.18. The van der Waals surface area contributed by atoms with Gasteiger partial charge in [0, 0.05) is 13.1 Å². The molecule has 0 aromatic rings. The van der Waals surface area contributed by atoms with Gasteiger partial charge in [0.1, 0.15) is 6.10 Å². The molecule has 6 heteroatoms. The van der Waals surface area contributed by atoms with Crippen LogP contribution in [-0.4, -0.2) is 52.2 Å².